The molecule has 1 saturated carbocycles. The van der Waals surface area contributed by atoms with E-state index in [1.165, 1.54) is 0 Å². The van der Waals surface area contributed by atoms with E-state index in [9.17, 15) is 15.0 Å². The largest absolute Gasteiger partial charge is 0.390 e. The van der Waals surface area contributed by atoms with E-state index in [1.807, 2.05) is 6.92 Å². The molecule has 1 unspecified atom stereocenters. The summed E-state index contributed by atoms with van der Waals surface area (Å²) in [5.41, 5.74) is 4.51. The second kappa shape index (κ2) is 10.6. The van der Waals surface area contributed by atoms with Crippen molar-refractivity contribution in [3.05, 3.63) is 0 Å². The number of aliphatic hydroxyl groups excluding tert-OH is 2. The monoisotopic (exact) mass is 370 g/mol. The van der Waals surface area contributed by atoms with Crippen LogP contribution in [-0.4, -0.2) is 40.4 Å². The number of nitrogens with one attached hydrogen (secondary N) is 1. The zero-order valence-corrected chi connectivity index (χ0v) is 17.5. The molecule has 1 aliphatic rings. The lowest BCUT2D eigenvalue weighted by Gasteiger charge is -2.51. The first kappa shape index (κ1) is 23.4. The minimum atomic E-state index is -0.993. The average Bonchev–Trinajstić information content (AvgIpc) is 2.56. The maximum absolute atomic E-state index is 12.3. The summed E-state index contributed by atoms with van der Waals surface area (Å²) < 4.78 is 0. The molecule has 0 saturated heterocycles. The highest BCUT2D eigenvalue weighted by Crippen LogP contribution is 2.41. The van der Waals surface area contributed by atoms with Gasteiger partial charge in [0.25, 0.3) is 0 Å². The van der Waals surface area contributed by atoms with E-state index in [-0.39, 0.29) is 17.7 Å². The highest BCUT2D eigenvalue weighted by atomic mass is 16.3. The molecular weight excluding hydrogens is 328 g/mol. The molecule has 5 N–H and O–H groups in total. The standard InChI is InChI=1S/C21H42N2O3/c1-14(2)8-10-16-13-17(11-9-15(3)4)20(26)21(5,19(16)25)23-18(24)7-6-12-22/h14-17,19-20,25-26H,6-13,22H2,1-5H3,(H,23,24)/t16-,17+,19-,20+,21?. The second-order valence-corrected chi connectivity index (χ2v) is 9.31. The van der Waals surface area contributed by atoms with Gasteiger partial charge in [-0.2, -0.15) is 0 Å². The highest BCUT2D eigenvalue weighted by molar-refractivity contribution is 5.77. The lowest BCUT2D eigenvalue weighted by molar-refractivity contribution is -0.142. The number of hydrogen-bond acceptors (Lipinski definition) is 4. The summed E-state index contributed by atoms with van der Waals surface area (Å²) >= 11 is 0. The molecule has 0 heterocycles. The summed E-state index contributed by atoms with van der Waals surface area (Å²) in [6.45, 7) is 11.0. The number of amides is 1. The first-order chi connectivity index (χ1) is 12.1. The van der Waals surface area contributed by atoms with Gasteiger partial charge >= 0.3 is 0 Å². The Hall–Kier alpha value is -0.650. The molecule has 154 valence electrons. The fraction of sp³-hybridized carbons (Fsp3) is 0.952. The maximum atomic E-state index is 12.3. The Morgan fingerprint density at radius 3 is 1.92 bits per heavy atom. The van der Waals surface area contributed by atoms with E-state index < -0.39 is 17.7 Å². The van der Waals surface area contributed by atoms with Crippen LogP contribution < -0.4 is 11.1 Å². The van der Waals surface area contributed by atoms with Crippen molar-refractivity contribution in [2.75, 3.05) is 6.54 Å². The molecule has 5 nitrogen and oxygen atoms in total. The molecular formula is C21H42N2O3. The van der Waals surface area contributed by atoms with Crippen LogP contribution in [0.1, 0.15) is 79.6 Å². The Kier molecular flexibility index (Phi) is 9.56. The molecule has 1 aliphatic carbocycles. The summed E-state index contributed by atoms with van der Waals surface area (Å²) in [7, 11) is 0. The fourth-order valence-corrected chi connectivity index (χ4v) is 4.22. The zero-order valence-electron chi connectivity index (χ0n) is 17.5. The molecule has 0 radical (unpaired) electrons. The maximum Gasteiger partial charge on any atom is 0.220 e. The van der Waals surface area contributed by atoms with Gasteiger partial charge < -0.3 is 21.3 Å². The van der Waals surface area contributed by atoms with Gasteiger partial charge in [0.1, 0.15) is 0 Å². The molecule has 0 bridgehead atoms. The lowest BCUT2D eigenvalue weighted by Crippen LogP contribution is -2.68. The summed E-state index contributed by atoms with van der Waals surface area (Å²) in [4.78, 5) is 12.3. The van der Waals surface area contributed by atoms with Gasteiger partial charge in [0.05, 0.1) is 17.7 Å². The van der Waals surface area contributed by atoms with Gasteiger partial charge in [0.2, 0.25) is 5.91 Å². The van der Waals surface area contributed by atoms with Gasteiger partial charge in [-0.1, -0.05) is 40.5 Å². The number of nitrogens with two attached hydrogens (primary N) is 1. The van der Waals surface area contributed by atoms with Crippen LogP contribution in [0, 0.1) is 23.7 Å². The second-order valence-electron chi connectivity index (χ2n) is 9.31. The first-order valence-corrected chi connectivity index (χ1v) is 10.5. The average molecular weight is 371 g/mol. The van der Waals surface area contributed by atoms with Crippen LogP contribution in [0.4, 0.5) is 0 Å². The van der Waals surface area contributed by atoms with Crippen molar-refractivity contribution in [1.82, 2.24) is 5.32 Å². The molecule has 5 heteroatoms. The Balaban J connectivity index is 2.94. The Morgan fingerprint density at radius 2 is 1.54 bits per heavy atom. The van der Waals surface area contributed by atoms with Crippen LogP contribution in [0.15, 0.2) is 0 Å². The predicted molar refractivity (Wildman–Crippen MR) is 107 cm³/mol. The van der Waals surface area contributed by atoms with Crippen LogP contribution >= 0.6 is 0 Å². The van der Waals surface area contributed by atoms with Gasteiger partial charge in [-0.05, 0) is 62.8 Å². The number of hydrogen-bond donors (Lipinski definition) is 4. The SMILES string of the molecule is CC(C)CC[C@@H]1C[C@H](CCC(C)C)[C@H](O)C(C)(NC(=O)CCCN)[C@@H]1O. The Labute approximate surface area is 160 Å². The molecule has 26 heavy (non-hydrogen) atoms. The minimum absolute atomic E-state index is 0.109. The molecule has 0 aromatic rings. The first-order valence-electron chi connectivity index (χ1n) is 10.5. The van der Waals surface area contributed by atoms with Crippen molar-refractivity contribution in [3.8, 4) is 0 Å². The van der Waals surface area contributed by atoms with Crippen molar-refractivity contribution in [3.63, 3.8) is 0 Å². The van der Waals surface area contributed by atoms with Crippen molar-refractivity contribution >= 4 is 5.91 Å². The van der Waals surface area contributed by atoms with Gasteiger partial charge in [0, 0.05) is 6.42 Å². The van der Waals surface area contributed by atoms with E-state index in [4.69, 9.17) is 5.73 Å². The minimum Gasteiger partial charge on any atom is -0.390 e. The van der Waals surface area contributed by atoms with Crippen LogP contribution in [0.5, 0.6) is 0 Å². The number of aliphatic hydroxyl groups is 2. The van der Waals surface area contributed by atoms with Crippen molar-refractivity contribution in [2.45, 2.75) is 97.3 Å². The van der Waals surface area contributed by atoms with E-state index in [2.05, 4.69) is 33.0 Å². The molecule has 1 rings (SSSR count). The molecule has 1 fully saturated rings. The summed E-state index contributed by atoms with van der Waals surface area (Å²) in [6, 6.07) is 0. The van der Waals surface area contributed by atoms with Crippen LogP contribution in [0.2, 0.25) is 0 Å². The Bertz CT molecular complexity index is 401. The van der Waals surface area contributed by atoms with Crippen molar-refractivity contribution < 1.29 is 15.0 Å². The lowest BCUT2D eigenvalue weighted by atomic mass is 9.64. The zero-order chi connectivity index (χ0) is 19.9. The smallest absolute Gasteiger partial charge is 0.220 e. The molecule has 1 amide bonds. The molecule has 0 spiro atoms. The summed E-state index contributed by atoms with van der Waals surface area (Å²) in [5, 5.41) is 25.1. The summed E-state index contributed by atoms with van der Waals surface area (Å²) in [6.07, 6.45) is 4.27. The molecule has 0 aromatic carbocycles. The molecule has 0 aliphatic heterocycles. The third kappa shape index (κ3) is 6.50. The Morgan fingerprint density at radius 1 is 1.08 bits per heavy atom. The quantitative estimate of drug-likeness (QED) is 0.475. The van der Waals surface area contributed by atoms with Crippen LogP contribution in [0.25, 0.3) is 0 Å². The van der Waals surface area contributed by atoms with Gasteiger partial charge in [-0.25, -0.2) is 0 Å². The third-order valence-corrected chi connectivity index (χ3v) is 5.97. The van der Waals surface area contributed by atoms with Crippen molar-refractivity contribution in [1.29, 1.82) is 0 Å². The van der Waals surface area contributed by atoms with Gasteiger partial charge in [0.15, 0.2) is 0 Å². The normalized spacial score (nSPS) is 32.2. The summed E-state index contributed by atoms with van der Waals surface area (Å²) in [5.74, 6) is 1.24. The number of rotatable bonds is 10. The van der Waals surface area contributed by atoms with E-state index in [1.54, 1.807) is 0 Å². The molecule has 5 atom stereocenters. The fourth-order valence-electron chi connectivity index (χ4n) is 4.22. The van der Waals surface area contributed by atoms with Crippen LogP contribution in [0.3, 0.4) is 0 Å². The van der Waals surface area contributed by atoms with Gasteiger partial charge in [-0.15, -0.1) is 0 Å². The highest BCUT2D eigenvalue weighted by Gasteiger charge is 2.51. The van der Waals surface area contributed by atoms with E-state index in [0.717, 1.165) is 32.1 Å². The number of carbonyl (C=O) groups excluding carboxylic acids is 1. The van der Waals surface area contributed by atoms with Crippen molar-refractivity contribution in [2.24, 2.45) is 29.4 Å². The van der Waals surface area contributed by atoms with E-state index in [0.29, 0.717) is 31.2 Å². The van der Waals surface area contributed by atoms with Gasteiger partial charge in [-0.3, -0.25) is 4.79 Å². The topological polar surface area (TPSA) is 95.6 Å². The third-order valence-electron chi connectivity index (χ3n) is 5.97. The van der Waals surface area contributed by atoms with E-state index >= 15 is 0 Å². The van der Waals surface area contributed by atoms with Crippen LogP contribution in [-0.2, 0) is 4.79 Å². The predicted octanol–water partition coefficient (Wildman–Crippen LogP) is 2.83. The molecule has 0 aromatic heterocycles. The number of carbonyl (C=O) groups is 1.